The molecule has 140 valence electrons. The molecule has 0 spiro atoms. The molecule has 5 nitrogen and oxygen atoms in total. The number of alkyl halides is 3. The third-order valence-corrected chi connectivity index (χ3v) is 4.24. The van der Waals surface area contributed by atoms with Crippen LogP contribution in [0.1, 0.15) is 12.7 Å². The average Bonchev–Trinajstić information content (AvgIpc) is 3.10. The van der Waals surface area contributed by atoms with Crippen LogP contribution in [0.2, 0.25) is 0 Å². The van der Waals surface area contributed by atoms with Gasteiger partial charge >= 0.3 is 6.18 Å². The summed E-state index contributed by atoms with van der Waals surface area (Å²) < 4.78 is 43.8. The Kier molecular flexibility index (Phi) is 6.92. The second-order valence-electron chi connectivity index (χ2n) is 5.94. The third kappa shape index (κ3) is 5.81. The van der Waals surface area contributed by atoms with Crippen LogP contribution in [0.15, 0.2) is 40.5 Å². The molecule has 0 radical (unpaired) electrons. The van der Waals surface area contributed by atoms with Gasteiger partial charge in [0.05, 0.1) is 6.26 Å². The van der Waals surface area contributed by atoms with Crippen LogP contribution in [0.25, 0.3) is 0 Å². The van der Waals surface area contributed by atoms with Gasteiger partial charge in [0.1, 0.15) is 11.8 Å². The van der Waals surface area contributed by atoms with E-state index in [1.165, 1.54) is 11.8 Å². The Morgan fingerprint density at radius 3 is 2.68 bits per heavy atom. The normalized spacial score (nSPS) is 18.2. The third-order valence-electron chi connectivity index (χ3n) is 4.24. The summed E-state index contributed by atoms with van der Waals surface area (Å²) >= 11 is 0. The highest BCUT2D eigenvalue weighted by Gasteiger charge is 2.41. The van der Waals surface area contributed by atoms with Crippen molar-refractivity contribution in [2.24, 2.45) is 4.99 Å². The van der Waals surface area contributed by atoms with E-state index in [1.807, 2.05) is 17.0 Å². The van der Waals surface area contributed by atoms with Gasteiger partial charge in [-0.25, -0.2) is 0 Å². The zero-order valence-electron chi connectivity index (χ0n) is 14.4. The minimum atomic E-state index is -4.19. The van der Waals surface area contributed by atoms with E-state index >= 15 is 0 Å². The zero-order valence-corrected chi connectivity index (χ0v) is 14.4. The summed E-state index contributed by atoms with van der Waals surface area (Å²) in [6.45, 7) is 7.71. The monoisotopic (exact) mass is 358 g/mol. The lowest BCUT2D eigenvalue weighted by Crippen LogP contribution is -2.56. The first-order valence-corrected chi connectivity index (χ1v) is 8.39. The molecule has 2 rings (SSSR count). The Morgan fingerprint density at radius 2 is 2.12 bits per heavy atom. The molecule has 1 fully saturated rings. The van der Waals surface area contributed by atoms with Crippen LogP contribution in [0.4, 0.5) is 13.2 Å². The van der Waals surface area contributed by atoms with Crippen molar-refractivity contribution in [3.8, 4) is 0 Å². The number of hydrogen-bond donors (Lipinski definition) is 1. The molecule has 2 heterocycles. The van der Waals surface area contributed by atoms with Gasteiger partial charge in [0.25, 0.3) is 0 Å². The van der Waals surface area contributed by atoms with Gasteiger partial charge in [-0.1, -0.05) is 6.08 Å². The summed E-state index contributed by atoms with van der Waals surface area (Å²) in [7, 11) is 0. The summed E-state index contributed by atoms with van der Waals surface area (Å²) in [5.74, 6) is 1.56. The number of hydrogen-bond acceptors (Lipinski definition) is 3. The summed E-state index contributed by atoms with van der Waals surface area (Å²) in [5, 5.41) is 3.18. The number of halogens is 3. The Balaban J connectivity index is 1.91. The molecule has 1 N–H and O–H groups in total. The molecule has 1 saturated heterocycles. The zero-order chi connectivity index (χ0) is 18.3. The highest BCUT2D eigenvalue weighted by molar-refractivity contribution is 5.80. The molecule has 1 aliphatic heterocycles. The van der Waals surface area contributed by atoms with Crippen LogP contribution in [0.5, 0.6) is 0 Å². The average molecular weight is 358 g/mol. The van der Waals surface area contributed by atoms with Crippen LogP contribution in [-0.4, -0.2) is 67.2 Å². The molecule has 0 aliphatic carbocycles. The van der Waals surface area contributed by atoms with Gasteiger partial charge in [-0.2, -0.15) is 13.2 Å². The lowest BCUT2D eigenvalue weighted by molar-refractivity contribution is -0.181. The Bertz CT molecular complexity index is 549. The predicted octanol–water partition coefficient (Wildman–Crippen LogP) is 2.52. The Morgan fingerprint density at radius 1 is 1.40 bits per heavy atom. The number of guanidine groups is 1. The van der Waals surface area contributed by atoms with E-state index in [4.69, 9.17) is 4.42 Å². The SMILES string of the molecule is C=CCNC(=NCCc1ccco1)N1CCN(C(C)C(F)(F)F)CC1. The van der Waals surface area contributed by atoms with Gasteiger partial charge in [0.15, 0.2) is 5.96 Å². The highest BCUT2D eigenvalue weighted by Crippen LogP contribution is 2.25. The quantitative estimate of drug-likeness (QED) is 0.482. The molecule has 1 aliphatic rings. The van der Waals surface area contributed by atoms with Crippen molar-refractivity contribution >= 4 is 5.96 Å². The number of nitrogens with zero attached hydrogens (tertiary/aromatic N) is 3. The largest absolute Gasteiger partial charge is 0.469 e. The lowest BCUT2D eigenvalue weighted by Gasteiger charge is -2.39. The fraction of sp³-hybridized carbons (Fsp3) is 0.588. The van der Waals surface area contributed by atoms with E-state index in [9.17, 15) is 13.2 Å². The fourth-order valence-electron chi connectivity index (χ4n) is 2.69. The van der Waals surface area contributed by atoms with Gasteiger partial charge in [-0.05, 0) is 19.1 Å². The molecule has 0 saturated carbocycles. The van der Waals surface area contributed by atoms with Crippen LogP contribution in [-0.2, 0) is 6.42 Å². The summed E-state index contributed by atoms with van der Waals surface area (Å²) in [4.78, 5) is 8.02. The van der Waals surface area contributed by atoms with Crippen molar-refractivity contribution in [2.45, 2.75) is 25.6 Å². The van der Waals surface area contributed by atoms with Crippen LogP contribution in [0, 0.1) is 0 Å². The molecule has 1 aromatic heterocycles. The minimum Gasteiger partial charge on any atom is -0.469 e. The molecule has 1 atom stereocenters. The summed E-state index contributed by atoms with van der Waals surface area (Å²) in [6, 6.07) is 2.30. The van der Waals surface area contributed by atoms with Crippen molar-refractivity contribution in [1.29, 1.82) is 0 Å². The van der Waals surface area contributed by atoms with Gasteiger partial charge in [0, 0.05) is 45.7 Å². The van der Waals surface area contributed by atoms with Crippen LogP contribution < -0.4 is 5.32 Å². The van der Waals surface area contributed by atoms with Crippen molar-refractivity contribution < 1.29 is 17.6 Å². The first kappa shape index (κ1) is 19.4. The topological polar surface area (TPSA) is 44.0 Å². The van der Waals surface area contributed by atoms with Gasteiger partial charge in [0.2, 0.25) is 0 Å². The molecule has 1 unspecified atom stereocenters. The second kappa shape index (κ2) is 8.94. The standard InChI is InChI=1S/C17H25F3N4O/c1-3-7-21-16(22-8-6-15-5-4-13-25-15)24-11-9-23(10-12-24)14(2)17(18,19)20/h3-5,13-14H,1,6-12H2,2H3,(H,21,22). The maximum Gasteiger partial charge on any atom is 0.403 e. The molecule has 1 aromatic rings. The van der Waals surface area contributed by atoms with Crippen LogP contribution in [0.3, 0.4) is 0 Å². The lowest BCUT2D eigenvalue weighted by atomic mass is 10.2. The number of furan rings is 1. The molecule has 0 aromatic carbocycles. The van der Waals surface area contributed by atoms with Crippen molar-refractivity contribution in [3.05, 3.63) is 36.8 Å². The van der Waals surface area contributed by atoms with E-state index < -0.39 is 12.2 Å². The molecular weight excluding hydrogens is 333 g/mol. The molecule has 25 heavy (non-hydrogen) atoms. The van der Waals surface area contributed by atoms with E-state index in [0.29, 0.717) is 51.6 Å². The van der Waals surface area contributed by atoms with E-state index in [-0.39, 0.29) is 0 Å². The number of piperazine rings is 1. The molecule has 8 heteroatoms. The minimum absolute atomic E-state index is 0.355. The molecule has 0 bridgehead atoms. The smallest absolute Gasteiger partial charge is 0.403 e. The highest BCUT2D eigenvalue weighted by atomic mass is 19.4. The van der Waals surface area contributed by atoms with E-state index in [1.54, 1.807) is 12.3 Å². The summed E-state index contributed by atoms with van der Waals surface area (Å²) in [6.07, 6.45) is -0.165. The Labute approximate surface area is 146 Å². The predicted molar refractivity (Wildman–Crippen MR) is 91.6 cm³/mol. The van der Waals surface area contributed by atoms with Crippen molar-refractivity contribution in [3.63, 3.8) is 0 Å². The maximum absolute atomic E-state index is 12.8. The van der Waals surface area contributed by atoms with Gasteiger partial charge in [-0.15, -0.1) is 6.58 Å². The molecule has 0 amide bonds. The Hall–Kier alpha value is -1.96. The van der Waals surface area contributed by atoms with Crippen LogP contribution >= 0.6 is 0 Å². The maximum atomic E-state index is 12.8. The van der Waals surface area contributed by atoms with Gasteiger partial charge < -0.3 is 14.6 Å². The number of aliphatic imine (C=N–C) groups is 1. The molecular formula is C17H25F3N4O. The van der Waals surface area contributed by atoms with Crippen molar-refractivity contribution in [1.82, 2.24) is 15.1 Å². The number of rotatable bonds is 6. The fourth-order valence-corrected chi connectivity index (χ4v) is 2.69. The summed E-state index contributed by atoms with van der Waals surface area (Å²) in [5.41, 5.74) is 0. The van der Waals surface area contributed by atoms with Gasteiger partial charge in [-0.3, -0.25) is 9.89 Å². The number of nitrogens with one attached hydrogen (secondary N) is 1. The van der Waals surface area contributed by atoms with E-state index in [2.05, 4.69) is 16.9 Å². The second-order valence-corrected chi connectivity index (χ2v) is 5.94. The first-order chi connectivity index (χ1) is 11.9. The van der Waals surface area contributed by atoms with Crippen molar-refractivity contribution in [2.75, 3.05) is 39.3 Å². The van der Waals surface area contributed by atoms with E-state index in [0.717, 1.165) is 5.76 Å². The first-order valence-electron chi connectivity index (χ1n) is 8.39.